The third-order valence-corrected chi connectivity index (χ3v) is 1.58. The van der Waals surface area contributed by atoms with Crippen LogP contribution in [0.4, 0.5) is 0 Å². The van der Waals surface area contributed by atoms with E-state index in [0.29, 0.717) is 0 Å². The fourth-order valence-corrected chi connectivity index (χ4v) is 0.620. The smallest absolute Gasteiger partial charge is 0.336 e. The average molecular weight is 263 g/mol. The van der Waals surface area contributed by atoms with Crippen LogP contribution in [0.15, 0.2) is 24.8 Å². The first-order chi connectivity index (χ1) is 6.51. The molecule has 0 aliphatic heterocycles. The van der Waals surface area contributed by atoms with Crippen LogP contribution < -0.4 is 0 Å². The maximum atomic E-state index is 11.0. The molecule has 14 heavy (non-hydrogen) atoms. The summed E-state index contributed by atoms with van der Waals surface area (Å²) in [6.45, 7) is 8.24. The van der Waals surface area contributed by atoms with Crippen LogP contribution in [0.1, 0.15) is 6.92 Å². The molecule has 0 bridgehead atoms. The number of alkyl halides is 1. The summed E-state index contributed by atoms with van der Waals surface area (Å²) in [4.78, 5) is 21.8. The first-order valence-electron chi connectivity index (χ1n) is 3.75. The number of hydrogen-bond acceptors (Lipinski definition) is 4. The van der Waals surface area contributed by atoms with Gasteiger partial charge < -0.3 is 9.47 Å². The fraction of sp³-hybridized carbons (Fsp3) is 0.333. The van der Waals surface area contributed by atoms with E-state index in [0.717, 1.165) is 0 Å². The van der Waals surface area contributed by atoms with E-state index < -0.39 is 18.2 Å². The number of carbonyl (C=O) groups is 2. The van der Waals surface area contributed by atoms with Gasteiger partial charge in [-0.15, -0.1) is 0 Å². The maximum Gasteiger partial charge on any atom is 0.336 e. The molecule has 0 fully saturated rings. The summed E-state index contributed by atoms with van der Waals surface area (Å²) in [6, 6.07) is 0. The highest BCUT2D eigenvalue weighted by molar-refractivity contribution is 9.09. The topological polar surface area (TPSA) is 52.6 Å². The number of hydrogen-bond donors (Lipinski definition) is 0. The normalized spacial score (nSPS) is 11.3. The fourth-order valence-electron chi connectivity index (χ4n) is 0.487. The Labute approximate surface area is 90.7 Å². The lowest BCUT2D eigenvalue weighted by Crippen LogP contribution is -2.23. The Hall–Kier alpha value is -1.10. The van der Waals surface area contributed by atoms with Crippen LogP contribution in [0.2, 0.25) is 0 Å². The van der Waals surface area contributed by atoms with Crippen LogP contribution in [0.5, 0.6) is 0 Å². The summed E-state index contributed by atoms with van der Waals surface area (Å²) in [5, 5.41) is 0.0297. The van der Waals surface area contributed by atoms with Crippen molar-refractivity contribution in [3.63, 3.8) is 0 Å². The zero-order valence-electron chi connectivity index (χ0n) is 7.79. The largest absolute Gasteiger partial charge is 0.421 e. The van der Waals surface area contributed by atoms with Crippen molar-refractivity contribution >= 4 is 27.9 Å². The summed E-state index contributed by atoms with van der Waals surface area (Å²) >= 11 is 2.90. The van der Waals surface area contributed by atoms with Gasteiger partial charge in [-0.1, -0.05) is 29.1 Å². The van der Waals surface area contributed by atoms with Crippen LogP contribution >= 0.6 is 15.9 Å². The van der Waals surface area contributed by atoms with E-state index >= 15 is 0 Å². The molecule has 0 saturated heterocycles. The van der Waals surface area contributed by atoms with Gasteiger partial charge in [0.25, 0.3) is 6.29 Å². The summed E-state index contributed by atoms with van der Waals surface area (Å²) in [6.07, 6.45) is 0.144. The molecular weight excluding hydrogens is 252 g/mol. The standard InChI is InChI=1S/C9H11BrO4/c1-4-8(13-7(11)5-10)14-9(12)6(2)3/h4,8H,1-2,5H2,3H3. The zero-order chi connectivity index (χ0) is 11.1. The quantitative estimate of drug-likeness (QED) is 0.248. The van der Waals surface area contributed by atoms with Crippen LogP contribution in [0, 0.1) is 0 Å². The molecule has 5 heteroatoms. The lowest BCUT2D eigenvalue weighted by Gasteiger charge is -2.13. The molecule has 0 spiro atoms. The number of carbonyl (C=O) groups excluding carboxylic acids is 2. The molecule has 4 nitrogen and oxygen atoms in total. The van der Waals surface area contributed by atoms with Crippen molar-refractivity contribution in [1.82, 2.24) is 0 Å². The molecule has 0 aromatic rings. The molecule has 0 rings (SSSR count). The molecule has 1 unspecified atom stereocenters. The van der Waals surface area contributed by atoms with E-state index in [2.05, 4.69) is 33.8 Å². The second kappa shape index (κ2) is 6.37. The molecule has 78 valence electrons. The van der Waals surface area contributed by atoms with Gasteiger partial charge in [-0.05, 0) is 13.0 Å². The molecule has 1 atom stereocenters. The van der Waals surface area contributed by atoms with E-state index in [-0.39, 0.29) is 10.9 Å². The van der Waals surface area contributed by atoms with Crippen LogP contribution in [-0.4, -0.2) is 23.6 Å². The molecular formula is C9H11BrO4. The molecule has 0 radical (unpaired) electrons. The van der Waals surface area contributed by atoms with Crippen LogP contribution in [0.25, 0.3) is 0 Å². The van der Waals surface area contributed by atoms with Gasteiger partial charge in [0.1, 0.15) is 5.33 Å². The van der Waals surface area contributed by atoms with Gasteiger partial charge in [0.2, 0.25) is 0 Å². The third kappa shape index (κ3) is 4.81. The van der Waals surface area contributed by atoms with Gasteiger partial charge in [0.15, 0.2) is 0 Å². The Morgan fingerprint density at radius 3 is 2.43 bits per heavy atom. The second-order valence-corrected chi connectivity index (χ2v) is 2.97. The Morgan fingerprint density at radius 1 is 1.50 bits per heavy atom. The van der Waals surface area contributed by atoms with E-state index in [4.69, 9.17) is 4.74 Å². The van der Waals surface area contributed by atoms with E-state index in [1.54, 1.807) is 0 Å². The Balaban J connectivity index is 4.16. The summed E-state index contributed by atoms with van der Waals surface area (Å²) in [5.74, 6) is -1.17. The van der Waals surface area contributed by atoms with Crippen molar-refractivity contribution in [2.24, 2.45) is 0 Å². The molecule has 0 aliphatic carbocycles. The van der Waals surface area contributed by atoms with Crippen LogP contribution in [-0.2, 0) is 19.1 Å². The maximum absolute atomic E-state index is 11.0. The number of rotatable bonds is 5. The predicted molar refractivity (Wildman–Crippen MR) is 54.8 cm³/mol. The first-order valence-corrected chi connectivity index (χ1v) is 4.88. The highest BCUT2D eigenvalue weighted by Gasteiger charge is 2.14. The molecule has 0 aliphatic rings. The van der Waals surface area contributed by atoms with Crippen LogP contribution in [0.3, 0.4) is 0 Å². The molecule has 0 amide bonds. The van der Waals surface area contributed by atoms with Crippen molar-refractivity contribution in [3.05, 3.63) is 24.8 Å². The molecule has 0 heterocycles. The van der Waals surface area contributed by atoms with E-state index in [1.165, 1.54) is 13.0 Å². The number of esters is 2. The van der Waals surface area contributed by atoms with Gasteiger partial charge in [-0.3, -0.25) is 4.79 Å². The van der Waals surface area contributed by atoms with Gasteiger partial charge >= 0.3 is 11.9 Å². The molecule has 0 aromatic carbocycles. The minimum Gasteiger partial charge on any atom is -0.421 e. The second-order valence-electron chi connectivity index (χ2n) is 2.41. The first kappa shape index (κ1) is 12.9. The van der Waals surface area contributed by atoms with Crippen molar-refractivity contribution in [2.45, 2.75) is 13.2 Å². The predicted octanol–water partition coefficient (Wildman–Crippen LogP) is 1.56. The van der Waals surface area contributed by atoms with Gasteiger partial charge in [-0.25, -0.2) is 4.79 Å². The molecule has 0 aromatic heterocycles. The SMILES string of the molecule is C=CC(OC(=O)CBr)OC(=O)C(=C)C. The summed E-state index contributed by atoms with van der Waals surface area (Å²) < 4.78 is 9.39. The highest BCUT2D eigenvalue weighted by Crippen LogP contribution is 2.02. The van der Waals surface area contributed by atoms with Gasteiger partial charge in [0.05, 0.1) is 0 Å². The molecule has 0 N–H and O–H groups in total. The Kier molecular flexibility index (Phi) is 5.87. The average Bonchev–Trinajstić information content (AvgIpc) is 2.16. The highest BCUT2D eigenvalue weighted by atomic mass is 79.9. The van der Waals surface area contributed by atoms with Gasteiger partial charge in [-0.2, -0.15) is 0 Å². The summed E-state index contributed by atoms with van der Waals surface area (Å²) in [5.41, 5.74) is 0.228. The molecule has 0 saturated carbocycles. The Bertz CT molecular complexity index is 260. The monoisotopic (exact) mass is 262 g/mol. The lowest BCUT2D eigenvalue weighted by atomic mass is 10.4. The zero-order valence-corrected chi connectivity index (χ0v) is 9.37. The lowest BCUT2D eigenvalue weighted by molar-refractivity contribution is -0.174. The van der Waals surface area contributed by atoms with Gasteiger partial charge in [0, 0.05) is 5.57 Å². The van der Waals surface area contributed by atoms with Crippen molar-refractivity contribution < 1.29 is 19.1 Å². The minimum atomic E-state index is -1.07. The minimum absolute atomic E-state index is 0.0297. The summed E-state index contributed by atoms with van der Waals surface area (Å²) in [7, 11) is 0. The Morgan fingerprint density at radius 2 is 2.07 bits per heavy atom. The van der Waals surface area contributed by atoms with Crippen molar-refractivity contribution in [1.29, 1.82) is 0 Å². The van der Waals surface area contributed by atoms with Crippen molar-refractivity contribution in [3.8, 4) is 0 Å². The van der Waals surface area contributed by atoms with Crippen molar-refractivity contribution in [2.75, 3.05) is 5.33 Å². The third-order valence-electron chi connectivity index (χ3n) is 1.12. The number of halogens is 1. The number of ether oxygens (including phenoxy) is 2. The van der Waals surface area contributed by atoms with E-state index in [1.807, 2.05) is 0 Å². The van der Waals surface area contributed by atoms with E-state index in [9.17, 15) is 9.59 Å².